The lowest BCUT2D eigenvalue weighted by molar-refractivity contribution is 0.102. The lowest BCUT2D eigenvalue weighted by Gasteiger charge is -2.16. The summed E-state index contributed by atoms with van der Waals surface area (Å²) in [6.45, 7) is 2.04. The van der Waals surface area contributed by atoms with Crippen LogP contribution < -0.4 is 10.6 Å². The summed E-state index contributed by atoms with van der Waals surface area (Å²) in [4.78, 5) is 12.3. The minimum absolute atomic E-state index is 0.151. The molecule has 0 aliphatic heterocycles. The van der Waals surface area contributed by atoms with E-state index in [-0.39, 0.29) is 11.9 Å². The minimum Gasteiger partial charge on any atom is -0.322 e. The first kappa shape index (κ1) is 14.6. The van der Waals surface area contributed by atoms with Gasteiger partial charge >= 0.3 is 0 Å². The second kappa shape index (κ2) is 6.55. The highest BCUT2D eigenvalue weighted by molar-refractivity contribution is 6.34. The van der Waals surface area contributed by atoms with Gasteiger partial charge in [0.05, 0.1) is 10.6 Å². The Labute approximate surface area is 124 Å². The van der Waals surface area contributed by atoms with Crippen LogP contribution in [0.4, 0.5) is 5.69 Å². The van der Waals surface area contributed by atoms with Crippen molar-refractivity contribution in [2.75, 3.05) is 12.4 Å². The van der Waals surface area contributed by atoms with Gasteiger partial charge in [-0.1, -0.05) is 41.9 Å². The van der Waals surface area contributed by atoms with E-state index in [1.807, 2.05) is 38.2 Å². The summed E-state index contributed by atoms with van der Waals surface area (Å²) in [5.74, 6) is -0.202. The topological polar surface area (TPSA) is 41.1 Å². The summed E-state index contributed by atoms with van der Waals surface area (Å²) in [5.41, 5.74) is 2.30. The van der Waals surface area contributed by atoms with Crippen LogP contribution in [0.25, 0.3) is 0 Å². The first-order valence-electron chi connectivity index (χ1n) is 6.45. The van der Waals surface area contributed by atoms with Crippen molar-refractivity contribution < 1.29 is 4.79 Å². The third-order valence-electron chi connectivity index (χ3n) is 3.23. The van der Waals surface area contributed by atoms with Gasteiger partial charge in [0.1, 0.15) is 0 Å². The van der Waals surface area contributed by atoms with Crippen molar-refractivity contribution >= 4 is 23.2 Å². The van der Waals surface area contributed by atoms with Crippen molar-refractivity contribution in [3.63, 3.8) is 0 Å². The van der Waals surface area contributed by atoms with Crippen molar-refractivity contribution in [3.8, 4) is 0 Å². The van der Waals surface area contributed by atoms with Crippen LogP contribution in [0, 0.1) is 0 Å². The number of hydrogen-bond donors (Lipinski definition) is 2. The van der Waals surface area contributed by atoms with E-state index in [2.05, 4.69) is 10.6 Å². The van der Waals surface area contributed by atoms with Gasteiger partial charge in [-0.25, -0.2) is 0 Å². The maximum atomic E-state index is 12.3. The summed E-state index contributed by atoms with van der Waals surface area (Å²) in [6.07, 6.45) is 0. The Bertz CT molecular complexity index is 613. The Kier molecular flexibility index (Phi) is 4.77. The number of anilines is 1. The van der Waals surface area contributed by atoms with Crippen LogP contribution >= 0.6 is 11.6 Å². The molecule has 2 aromatic carbocycles. The van der Waals surface area contributed by atoms with E-state index in [9.17, 15) is 4.79 Å². The third kappa shape index (κ3) is 3.18. The minimum atomic E-state index is -0.202. The summed E-state index contributed by atoms with van der Waals surface area (Å²) < 4.78 is 0. The molecule has 0 aromatic heterocycles. The zero-order chi connectivity index (χ0) is 14.5. The summed E-state index contributed by atoms with van der Waals surface area (Å²) in [7, 11) is 1.89. The van der Waals surface area contributed by atoms with Gasteiger partial charge < -0.3 is 10.6 Å². The lowest BCUT2D eigenvalue weighted by Crippen LogP contribution is -2.18. The molecule has 2 aromatic rings. The van der Waals surface area contributed by atoms with Gasteiger partial charge in [-0.2, -0.15) is 0 Å². The Hall–Kier alpha value is -1.84. The molecular weight excluding hydrogens is 272 g/mol. The molecule has 0 aliphatic carbocycles. The Morgan fingerprint density at radius 3 is 2.45 bits per heavy atom. The van der Waals surface area contributed by atoms with E-state index in [1.54, 1.807) is 24.3 Å². The fraction of sp³-hybridized carbons (Fsp3) is 0.188. The largest absolute Gasteiger partial charge is 0.322 e. The van der Waals surface area contributed by atoms with Crippen LogP contribution in [0.2, 0.25) is 5.02 Å². The van der Waals surface area contributed by atoms with Crippen LogP contribution in [-0.2, 0) is 0 Å². The summed E-state index contributed by atoms with van der Waals surface area (Å²) >= 11 is 6.04. The van der Waals surface area contributed by atoms with Crippen molar-refractivity contribution in [1.29, 1.82) is 0 Å². The molecule has 3 nitrogen and oxygen atoms in total. The van der Waals surface area contributed by atoms with Gasteiger partial charge in [-0.05, 0) is 37.7 Å². The fourth-order valence-electron chi connectivity index (χ4n) is 1.98. The average molecular weight is 289 g/mol. The van der Waals surface area contributed by atoms with Crippen molar-refractivity contribution in [1.82, 2.24) is 5.32 Å². The van der Waals surface area contributed by atoms with E-state index in [4.69, 9.17) is 11.6 Å². The SMILES string of the molecule is CNC(C)c1ccccc1NC(=O)c1ccccc1Cl. The molecule has 1 atom stereocenters. The highest BCUT2D eigenvalue weighted by Crippen LogP contribution is 2.24. The molecule has 0 heterocycles. The van der Waals surface area contributed by atoms with Crippen LogP contribution in [0.3, 0.4) is 0 Å². The zero-order valence-corrected chi connectivity index (χ0v) is 12.2. The first-order valence-corrected chi connectivity index (χ1v) is 6.83. The molecule has 104 valence electrons. The fourth-order valence-corrected chi connectivity index (χ4v) is 2.20. The quantitative estimate of drug-likeness (QED) is 0.896. The highest BCUT2D eigenvalue weighted by atomic mass is 35.5. The highest BCUT2D eigenvalue weighted by Gasteiger charge is 2.13. The van der Waals surface area contributed by atoms with Gasteiger partial charge in [-0.15, -0.1) is 0 Å². The maximum Gasteiger partial charge on any atom is 0.257 e. The third-order valence-corrected chi connectivity index (χ3v) is 3.56. The van der Waals surface area contributed by atoms with Crippen LogP contribution in [0.15, 0.2) is 48.5 Å². The first-order chi connectivity index (χ1) is 9.63. The number of carbonyl (C=O) groups is 1. The zero-order valence-electron chi connectivity index (χ0n) is 11.5. The molecule has 0 saturated carbocycles. The monoisotopic (exact) mass is 288 g/mol. The molecule has 2 N–H and O–H groups in total. The predicted octanol–water partition coefficient (Wildman–Crippen LogP) is 3.87. The Balaban J connectivity index is 2.27. The number of rotatable bonds is 4. The molecule has 4 heteroatoms. The van der Waals surface area contributed by atoms with Gasteiger partial charge in [0, 0.05) is 11.7 Å². The molecule has 0 spiro atoms. The normalized spacial score (nSPS) is 11.9. The number of hydrogen-bond acceptors (Lipinski definition) is 2. The van der Waals surface area contributed by atoms with Crippen molar-refractivity contribution in [3.05, 3.63) is 64.7 Å². The molecule has 2 rings (SSSR count). The van der Waals surface area contributed by atoms with Gasteiger partial charge in [-0.3, -0.25) is 4.79 Å². The number of amides is 1. The van der Waals surface area contributed by atoms with Gasteiger partial charge in [0.25, 0.3) is 5.91 Å². The average Bonchev–Trinajstić information content (AvgIpc) is 2.47. The van der Waals surface area contributed by atoms with Crippen LogP contribution in [-0.4, -0.2) is 13.0 Å². The van der Waals surface area contributed by atoms with Gasteiger partial charge in [0.2, 0.25) is 0 Å². The summed E-state index contributed by atoms with van der Waals surface area (Å²) in [6, 6.07) is 14.9. The Morgan fingerprint density at radius 2 is 1.75 bits per heavy atom. The molecule has 0 bridgehead atoms. The van der Waals surface area contributed by atoms with E-state index < -0.39 is 0 Å². The van der Waals surface area contributed by atoms with E-state index in [1.165, 1.54) is 0 Å². The smallest absolute Gasteiger partial charge is 0.257 e. The van der Waals surface area contributed by atoms with E-state index in [0.717, 1.165) is 11.3 Å². The number of halogens is 1. The predicted molar refractivity (Wildman–Crippen MR) is 83.3 cm³/mol. The standard InChI is InChI=1S/C16H17ClN2O/c1-11(18-2)12-7-4-6-10-15(12)19-16(20)13-8-3-5-9-14(13)17/h3-11,18H,1-2H3,(H,19,20). The van der Waals surface area contributed by atoms with Crippen LogP contribution in [0.5, 0.6) is 0 Å². The molecule has 0 radical (unpaired) electrons. The number of para-hydroxylation sites is 1. The van der Waals surface area contributed by atoms with Crippen LogP contribution in [0.1, 0.15) is 28.9 Å². The Morgan fingerprint density at radius 1 is 1.10 bits per heavy atom. The van der Waals surface area contributed by atoms with E-state index >= 15 is 0 Å². The van der Waals surface area contributed by atoms with E-state index in [0.29, 0.717) is 10.6 Å². The molecule has 0 aliphatic rings. The molecule has 0 fully saturated rings. The second-order valence-electron chi connectivity index (χ2n) is 4.53. The number of nitrogens with one attached hydrogen (secondary N) is 2. The number of benzene rings is 2. The lowest BCUT2D eigenvalue weighted by atomic mass is 10.1. The maximum absolute atomic E-state index is 12.3. The summed E-state index contributed by atoms with van der Waals surface area (Å²) in [5, 5.41) is 6.54. The molecule has 1 unspecified atom stereocenters. The molecule has 1 amide bonds. The molecule has 0 saturated heterocycles. The van der Waals surface area contributed by atoms with Crippen molar-refractivity contribution in [2.45, 2.75) is 13.0 Å². The number of carbonyl (C=O) groups excluding carboxylic acids is 1. The molecular formula is C16H17ClN2O. The van der Waals surface area contributed by atoms with Crippen molar-refractivity contribution in [2.24, 2.45) is 0 Å². The second-order valence-corrected chi connectivity index (χ2v) is 4.94. The van der Waals surface area contributed by atoms with Gasteiger partial charge in [0.15, 0.2) is 0 Å². The molecule has 20 heavy (non-hydrogen) atoms.